The molecule has 1 aliphatic rings. The van der Waals surface area contributed by atoms with Crippen LogP contribution in [-0.2, 0) is 20.0 Å². The van der Waals surface area contributed by atoms with Gasteiger partial charge >= 0.3 is 6.18 Å². The molecule has 0 amide bonds. The minimum Gasteiger partial charge on any atom is -0.225 e. The van der Waals surface area contributed by atoms with Crippen LogP contribution >= 0.6 is 0 Å². The molecule has 11 heteroatoms. The lowest BCUT2D eigenvalue weighted by molar-refractivity contribution is -0.160. The van der Waals surface area contributed by atoms with E-state index in [4.69, 9.17) is 5.14 Å². The molecule has 3 N–H and O–H groups in total. The zero-order chi connectivity index (χ0) is 16.1. The number of sulfonamides is 2. The quantitative estimate of drug-likeness (QED) is 0.839. The largest absolute Gasteiger partial charge is 0.407 e. The highest BCUT2D eigenvalue weighted by Crippen LogP contribution is 2.49. The van der Waals surface area contributed by atoms with E-state index in [2.05, 4.69) is 0 Å². The Bertz CT molecular complexity index is 768. The van der Waals surface area contributed by atoms with E-state index in [1.165, 1.54) is 16.9 Å². The summed E-state index contributed by atoms with van der Waals surface area (Å²) in [5.74, 6) is 0. The van der Waals surface area contributed by atoms with Crippen molar-refractivity contribution < 1.29 is 30.0 Å². The first-order valence-corrected chi connectivity index (χ1v) is 8.65. The van der Waals surface area contributed by atoms with Crippen molar-refractivity contribution >= 4 is 20.0 Å². The molecule has 0 radical (unpaired) electrons. The Labute approximate surface area is 119 Å². The SMILES string of the molecule is NS(=O)(=O)c1ccccc1S(=O)(=O)NC1(C(F)(F)F)CC1. The summed E-state index contributed by atoms with van der Waals surface area (Å²) in [6.45, 7) is 0. The molecule has 1 aliphatic carbocycles. The van der Waals surface area contributed by atoms with Crippen molar-refractivity contribution in [2.45, 2.75) is 34.3 Å². The van der Waals surface area contributed by atoms with Crippen molar-refractivity contribution in [3.8, 4) is 0 Å². The van der Waals surface area contributed by atoms with Gasteiger partial charge in [0, 0.05) is 0 Å². The number of hydrogen-bond donors (Lipinski definition) is 2. The van der Waals surface area contributed by atoms with Gasteiger partial charge in [0.05, 0.1) is 0 Å². The Hall–Kier alpha value is -1.17. The smallest absolute Gasteiger partial charge is 0.225 e. The van der Waals surface area contributed by atoms with Gasteiger partial charge in [-0.05, 0) is 25.0 Å². The molecule has 0 aliphatic heterocycles. The van der Waals surface area contributed by atoms with Crippen molar-refractivity contribution in [1.82, 2.24) is 4.72 Å². The summed E-state index contributed by atoms with van der Waals surface area (Å²) in [7, 11) is -9.07. The van der Waals surface area contributed by atoms with Gasteiger partial charge in [-0.25, -0.2) is 22.0 Å². The number of hydrogen-bond acceptors (Lipinski definition) is 4. The lowest BCUT2D eigenvalue weighted by Gasteiger charge is -2.21. The Balaban J connectivity index is 2.48. The van der Waals surface area contributed by atoms with Gasteiger partial charge in [-0.2, -0.15) is 17.9 Å². The van der Waals surface area contributed by atoms with E-state index in [-0.39, 0.29) is 0 Å². The molecule has 0 heterocycles. The number of rotatable bonds is 4. The summed E-state index contributed by atoms with van der Waals surface area (Å²) in [5, 5.41) is 4.88. The molecule has 0 saturated heterocycles. The van der Waals surface area contributed by atoms with Crippen LogP contribution in [0.25, 0.3) is 0 Å². The van der Waals surface area contributed by atoms with Crippen LogP contribution in [0.15, 0.2) is 34.1 Å². The van der Waals surface area contributed by atoms with E-state index in [1.54, 1.807) is 0 Å². The van der Waals surface area contributed by atoms with Crippen LogP contribution in [0.3, 0.4) is 0 Å². The van der Waals surface area contributed by atoms with Gasteiger partial charge in [-0.15, -0.1) is 0 Å². The van der Waals surface area contributed by atoms with Gasteiger partial charge in [-0.3, -0.25) is 0 Å². The second-order valence-electron chi connectivity index (χ2n) is 4.68. The highest BCUT2D eigenvalue weighted by Gasteiger charge is 2.65. The topological polar surface area (TPSA) is 106 Å². The zero-order valence-corrected chi connectivity index (χ0v) is 12.0. The van der Waals surface area contributed by atoms with Gasteiger partial charge in [0.25, 0.3) is 0 Å². The van der Waals surface area contributed by atoms with Gasteiger partial charge in [-0.1, -0.05) is 12.1 Å². The normalized spacial score (nSPS) is 18.5. The average molecular weight is 344 g/mol. The van der Waals surface area contributed by atoms with Crippen LogP contribution in [0, 0.1) is 0 Å². The maximum Gasteiger partial charge on any atom is 0.407 e. The maximum absolute atomic E-state index is 12.8. The first kappa shape index (κ1) is 16.2. The number of nitrogens with one attached hydrogen (secondary N) is 1. The molecule has 0 aromatic heterocycles. The summed E-state index contributed by atoms with van der Waals surface area (Å²) in [6.07, 6.45) is -5.54. The molecule has 0 atom stereocenters. The highest BCUT2D eigenvalue weighted by molar-refractivity contribution is 7.92. The molecule has 1 fully saturated rings. The molecule has 0 unspecified atom stereocenters. The van der Waals surface area contributed by atoms with Crippen molar-refractivity contribution in [3.63, 3.8) is 0 Å². The molecular formula is C10H11F3N2O4S2. The fraction of sp³-hybridized carbons (Fsp3) is 0.400. The van der Waals surface area contributed by atoms with Crippen molar-refractivity contribution in [2.24, 2.45) is 5.14 Å². The maximum atomic E-state index is 12.8. The minimum absolute atomic E-state index is 0.396. The Morgan fingerprint density at radius 1 is 1.05 bits per heavy atom. The van der Waals surface area contributed by atoms with E-state index in [1.807, 2.05) is 0 Å². The number of alkyl halides is 3. The molecular weight excluding hydrogens is 333 g/mol. The van der Waals surface area contributed by atoms with Gasteiger partial charge in [0.2, 0.25) is 20.0 Å². The summed E-state index contributed by atoms with van der Waals surface area (Å²) < 4.78 is 86.8. The van der Waals surface area contributed by atoms with Gasteiger partial charge in [0.1, 0.15) is 15.3 Å². The molecule has 1 aromatic rings. The third kappa shape index (κ3) is 3.05. The predicted molar refractivity (Wildman–Crippen MR) is 66.2 cm³/mol. The van der Waals surface area contributed by atoms with E-state index in [0.29, 0.717) is 0 Å². The molecule has 1 saturated carbocycles. The average Bonchev–Trinajstić information content (AvgIpc) is 3.07. The monoisotopic (exact) mass is 344 g/mol. The molecule has 6 nitrogen and oxygen atoms in total. The summed E-state index contributed by atoms with van der Waals surface area (Å²) in [5.41, 5.74) is -2.53. The van der Waals surface area contributed by atoms with Crippen LogP contribution in [-0.4, -0.2) is 28.6 Å². The Morgan fingerprint density at radius 2 is 1.52 bits per heavy atom. The first-order valence-electron chi connectivity index (χ1n) is 5.62. The lowest BCUT2D eigenvalue weighted by Crippen LogP contribution is -2.48. The van der Waals surface area contributed by atoms with Gasteiger partial charge in [0.15, 0.2) is 0 Å². The van der Waals surface area contributed by atoms with Crippen LogP contribution in [0.1, 0.15) is 12.8 Å². The highest BCUT2D eigenvalue weighted by atomic mass is 32.2. The molecule has 2 rings (SSSR count). The Morgan fingerprint density at radius 3 is 1.90 bits per heavy atom. The second kappa shape index (κ2) is 4.66. The van der Waals surface area contributed by atoms with E-state index < -0.39 is 54.4 Å². The fourth-order valence-electron chi connectivity index (χ4n) is 1.79. The zero-order valence-electron chi connectivity index (χ0n) is 10.4. The third-order valence-corrected chi connectivity index (χ3v) is 5.76. The standard InChI is InChI=1S/C10H11F3N2O4S2/c11-10(12,13)9(5-6-9)15-21(18,19)8-4-2-1-3-7(8)20(14,16)17/h1-4,15H,5-6H2,(H2,14,16,17). The fourth-order valence-corrected chi connectivity index (χ4v) is 4.62. The van der Waals surface area contributed by atoms with Crippen molar-refractivity contribution in [2.75, 3.05) is 0 Å². The molecule has 21 heavy (non-hydrogen) atoms. The second-order valence-corrected chi connectivity index (χ2v) is 7.86. The van der Waals surface area contributed by atoms with Crippen LogP contribution < -0.4 is 9.86 Å². The first-order chi connectivity index (χ1) is 9.39. The van der Waals surface area contributed by atoms with E-state index in [9.17, 15) is 30.0 Å². The predicted octanol–water partition coefficient (Wildman–Crippen LogP) is 0.707. The van der Waals surface area contributed by atoms with E-state index in [0.717, 1.165) is 12.1 Å². The van der Waals surface area contributed by atoms with Crippen LogP contribution in [0.4, 0.5) is 13.2 Å². The lowest BCUT2D eigenvalue weighted by atomic mass is 10.3. The molecule has 0 spiro atoms. The van der Waals surface area contributed by atoms with Crippen molar-refractivity contribution in [1.29, 1.82) is 0 Å². The van der Waals surface area contributed by atoms with Crippen LogP contribution in [0.5, 0.6) is 0 Å². The van der Waals surface area contributed by atoms with E-state index >= 15 is 0 Å². The minimum atomic E-state index is -4.75. The van der Waals surface area contributed by atoms with Crippen molar-refractivity contribution in [3.05, 3.63) is 24.3 Å². The number of nitrogens with two attached hydrogens (primary N) is 1. The number of primary sulfonamides is 1. The molecule has 1 aromatic carbocycles. The molecule has 118 valence electrons. The summed E-state index contributed by atoms with van der Waals surface area (Å²) >= 11 is 0. The summed E-state index contributed by atoms with van der Waals surface area (Å²) in [4.78, 5) is -1.56. The van der Waals surface area contributed by atoms with Gasteiger partial charge < -0.3 is 0 Å². The third-order valence-electron chi connectivity index (χ3n) is 3.07. The summed E-state index contributed by atoms with van der Waals surface area (Å²) in [6, 6.07) is 4.21. The number of benzene rings is 1. The van der Waals surface area contributed by atoms with Crippen LogP contribution in [0.2, 0.25) is 0 Å². The number of halogens is 3. The Kier molecular flexibility index (Phi) is 3.60. The molecule has 0 bridgehead atoms.